The summed E-state index contributed by atoms with van der Waals surface area (Å²) in [7, 11) is -3.61. The van der Waals surface area contributed by atoms with Gasteiger partial charge in [0, 0.05) is 51.9 Å². The summed E-state index contributed by atoms with van der Waals surface area (Å²) in [6.45, 7) is 5.07. The van der Waals surface area contributed by atoms with Gasteiger partial charge in [-0.1, -0.05) is 49.7 Å². The predicted octanol–water partition coefficient (Wildman–Crippen LogP) is 7.66. The molecule has 2 spiro atoms. The van der Waals surface area contributed by atoms with E-state index in [1.165, 1.54) is 31.6 Å². The molecule has 11 rings (SSSR count). The summed E-state index contributed by atoms with van der Waals surface area (Å²) in [5, 5.41) is 24.3. The smallest absolute Gasteiger partial charge is 0.211 e. The van der Waals surface area contributed by atoms with Gasteiger partial charge in [-0.3, -0.25) is 4.79 Å². The highest BCUT2D eigenvalue weighted by Gasteiger charge is 2.74. The van der Waals surface area contributed by atoms with E-state index < -0.39 is 43.8 Å². The molecule has 0 radical (unpaired) electrons. The maximum absolute atomic E-state index is 15.2. The second-order valence-electron chi connectivity index (χ2n) is 19.6. The summed E-state index contributed by atoms with van der Waals surface area (Å²) in [6, 6.07) is 4.51. The minimum absolute atomic E-state index is 0.00128. The van der Waals surface area contributed by atoms with Crippen LogP contribution in [0.1, 0.15) is 103 Å². The Morgan fingerprint density at radius 1 is 0.922 bits per heavy atom. The molecule has 6 bridgehead atoms. The number of hydrogen-bond donors (Lipinski definition) is 2. The summed E-state index contributed by atoms with van der Waals surface area (Å²) < 4.78 is 44.2. The Labute approximate surface area is 308 Å². The molecule has 9 heteroatoms. The molecule has 7 fully saturated rings. The van der Waals surface area contributed by atoms with Crippen molar-refractivity contribution in [3.63, 3.8) is 0 Å². The van der Waals surface area contributed by atoms with Gasteiger partial charge in [-0.15, -0.1) is 0 Å². The fourth-order valence-electron chi connectivity index (χ4n) is 15.1. The molecule has 0 amide bonds. The third kappa shape index (κ3) is 4.87. The number of ketones is 1. The maximum Gasteiger partial charge on any atom is 0.211 e. The number of hydrogen-bond acceptors (Lipinski definition) is 5. The number of allylic oxidation sites excluding steroid dienone is 4. The third-order valence-corrected chi connectivity index (χ3v) is 18.5. The van der Waals surface area contributed by atoms with E-state index in [4.69, 9.17) is 11.6 Å². The molecule has 10 aliphatic carbocycles. The number of carbonyl (C=O) groups excluding carboxylic acids is 1. The standard InChI is InChI=1S/C42H55ClFNO5S/c1-37-10-7-29(46)22-40(37)13-14-42(31(23-40)34(47)18-30-32(43)5-4-6-33(30)44)35(37)8-11-38(2)36(42)9-12-41(38,48)25-45(51(3,49)50)24-39-19-26-15-27(20-39)17-28(16-26)21-39/h4-6,13-14,23,26-29,35-36,46,48H,7-12,15-22,24-25H2,1-3H3. The average molecular weight is 740 g/mol. The van der Waals surface area contributed by atoms with Gasteiger partial charge in [0.2, 0.25) is 10.0 Å². The molecule has 7 saturated carbocycles. The molecule has 0 aromatic heterocycles. The number of sulfonamides is 1. The molecule has 1 aromatic carbocycles. The number of aliphatic hydroxyl groups excluding tert-OH is 1. The zero-order valence-corrected chi connectivity index (χ0v) is 32.0. The van der Waals surface area contributed by atoms with Crippen molar-refractivity contribution in [2.75, 3.05) is 19.3 Å². The first-order valence-corrected chi connectivity index (χ1v) is 21.9. The van der Waals surface area contributed by atoms with Crippen molar-refractivity contribution < 1.29 is 27.8 Å². The zero-order valence-electron chi connectivity index (χ0n) is 30.5. The molecule has 278 valence electrons. The summed E-state index contributed by atoms with van der Waals surface area (Å²) >= 11 is 6.48. The number of benzene rings is 1. The second-order valence-corrected chi connectivity index (χ2v) is 21.9. The van der Waals surface area contributed by atoms with Gasteiger partial charge in [0.15, 0.2) is 5.78 Å². The van der Waals surface area contributed by atoms with Crippen molar-refractivity contribution in [1.82, 2.24) is 4.31 Å². The van der Waals surface area contributed by atoms with Gasteiger partial charge in [0.25, 0.3) is 0 Å². The van der Waals surface area contributed by atoms with Crippen molar-refractivity contribution in [3.05, 3.63) is 58.4 Å². The molecule has 0 aliphatic heterocycles. The van der Waals surface area contributed by atoms with Crippen molar-refractivity contribution in [2.24, 2.45) is 56.7 Å². The topological polar surface area (TPSA) is 94.9 Å². The molecule has 8 atom stereocenters. The quantitative estimate of drug-likeness (QED) is 0.267. The van der Waals surface area contributed by atoms with Gasteiger partial charge in [-0.25, -0.2) is 12.8 Å². The number of Topliss-reactive ketones (excluding diaryl/α,β-unsaturated/α-hetero) is 1. The molecule has 10 aliphatic rings. The SMILES string of the molecule is CC12CCC(O)CC13C=CC1(C(C(=O)Cc4c(F)cccc4Cl)=C3)C2CCC2(C)C1CCC2(O)CN(CC12CC3CC(CC(C3)C1)C2)S(C)(=O)=O. The Balaban J connectivity index is 1.10. The Morgan fingerprint density at radius 2 is 1.55 bits per heavy atom. The minimum Gasteiger partial charge on any atom is -0.393 e. The number of nitrogens with zero attached hydrogens (tertiary/aromatic N) is 1. The van der Waals surface area contributed by atoms with Gasteiger partial charge in [0.05, 0.1) is 18.0 Å². The first-order chi connectivity index (χ1) is 23.9. The number of aliphatic hydroxyl groups is 2. The monoisotopic (exact) mass is 739 g/mol. The minimum atomic E-state index is -3.61. The molecule has 51 heavy (non-hydrogen) atoms. The summed E-state index contributed by atoms with van der Waals surface area (Å²) in [6.07, 6.45) is 19.2. The van der Waals surface area contributed by atoms with Gasteiger partial charge in [-0.05, 0) is 136 Å². The van der Waals surface area contributed by atoms with E-state index in [1.54, 1.807) is 16.4 Å². The molecule has 0 heterocycles. The van der Waals surface area contributed by atoms with Crippen molar-refractivity contribution >= 4 is 27.4 Å². The lowest BCUT2D eigenvalue weighted by Gasteiger charge is -2.71. The van der Waals surface area contributed by atoms with E-state index in [0.717, 1.165) is 38.5 Å². The lowest BCUT2D eigenvalue weighted by molar-refractivity contribution is -0.178. The summed E-state index contributed by atoms with van der Waals surface area (Å²) in [5.74, 6) is 1.43. The molecule has 1 aromatic rings. The number of halogens is 2. The van der Waals surface area contributed by atoms with Crippen LogP contribution in [-0.4, -0.2) is 59.8 Å². The van der Waals surface area contributed by atoms with Crippen molar-refractivity contribution in [1.29, 1.82) is 0 Å². The van der Waals surface area contributed by atoms with E-state index >= 15 is 4.39 Å². The van der Waals surface area contributed by atoms with Crippen LogP contribution in [0.5, 0.6) is 0 Å². The van der Waals surface area contributed by atoms with E-state index in [1.807, 2.05) is 0 Å². The first kappa shape index (κ1) is 35.1. The summed E-state index contributed by atoms with van der Waals surface area (Å²) in [5.41, 5.74) is -2.43. The number of carbonyl (C=O) groups is 1. The molecule has 2 N–H and O–H groups in total. The Morgan fingerprint density at radius 3 is 2.20 bits per heavy atom. The van der Waals surface area contributed by atoms with E-state index in [9.17, 15) is 23.4 Å². The summed E-state index contributed by atoms with van der Waals surface area (Å²) in [4.78, 5) is 14.7. The number of rotatable bonds is 8. The molecular weight excluding hydrogens is 685 g/mol. The van der Waals surface area contributed by atoms with Gasteiger partial charge < -0.3 is 10.2 Å². The maximum atomic E-state index is 15.2. The predicted molar refractivity (Wildman–Crippen MR) is 196 cm³/mol. The normalized spacial score (nSPS) is 47.6. The van der Waals surface area contributed by atoms with E-state index in [0.29, 0.717) is 55.6 Å². The van der Waals surface area contributed by atoms with Crippen LogP contribution in [0.2, 0.25) is 5.02 Å². The van der Waals surface area contributed by atoms with Crippen LogP contribution in [0.4, 0.5) is 4.39 Å². The largest absolute Gasteiger partial charge is 0.393 e. The highest BCUT2D eigenvalue weighted by molar-refractivity contribution is 7.88. The first-order valence-electron chi connectivity index (χ1n) is 19.7. The van der Waals surface area contributed by atoms with Gasteiger partial charge in [-0.2, -0.15) is 4.31 Å². The molecule has 6 nitrogen and oxygen atoms in total. The van der Waals surface area contributed by atoms with Crippen LogP contribution >= 0.6 is 11.6 Å². The van der Waals surface area contributed by atoms with Gasteiger partial charge in [0.1, 0.15) is 5.82 Å². The molecule has 0 saturated heterocycles. The fraction of sp³-hybridized carbons (Fsp3) is 0.738. The fourth-order valence-corrected chi connectivity index (χ4v) is 16.2. The van der Waals surface area contributed by atoms with Crippen LogP contribution in [0, 0.1) is 62.5 Å². The second kappa shape index (κ2) is 11.2. The van der Waals surface area contributed by atoms with Crippen LogP contribution in [0.15, 0.2) is 42.0 Å². The lowest BCUT2D eigenvalue weighted by atomic mass is 9.32. The Bertz CT molecular complexity index is 1790. The molecule has 8 unspecified atom stereocenters. The lowest BCUT2D eigenvalue weighted by Crippen LogP contribution is -2.67. The van der Waals surface area contributed by atoms with Crippen LogP contribution in [0.3, 0.4) is 0 Å². The van der Waals surface area contributed by atoms with Gasteiger partial charge >= 0.3 is 0 Å². The number of fused-ring (bicyclic) bond motifs is 1. The van der Waals surface area contributed by atoms with E-state index in [2.05, 4.69) is 32.1 Å². The Kier molecular flexibility index (Phi) is 7.75. The van der Waals surface area contributed by atoms with Crippen LogP contribution in [-0.2, 0) is 21.2 Å². The van der Waals surface area contributed by atoms with Crippen LogP contribution < -0.4 is 0 Å². The highest BCUT2D eigenvalue weighted by Crippen LogP contribution is 2.78. The van der Waals surface area contributed by atoms with E-state index in [-0.39, 0.29) is 52.0 Å². The third-order valence-electron chi connectivity index (χ3n) is 17.0. The van der Waals surface area contributed by atoms with Crippen LogP contribution in [0.25, 0.3) is 0 Å². The Hall–Kier alpha value is -1.58. The molecular formula is C42H55ClFNO5S. The average Bonchev–Trinajstić information content (AvgIpc) is 3.31. The van der Waals surface area contributed by atoms with Crippen molar-refractivity contribution in [2.45, 2.75) is 115 Å². The highest BCUT2D eigenvalue weighted by atomic mass is 35.5. The van der Waals surface area contributed by atoms with Crippen molar-refractivity contribution in [3.8, 4) is 0 Å². The zero-order chi connectivity index (χ0) is 36.0.